The van der Waals surface area contributed by atoms with Gasteiger partial charge in [-0.05, 0) is 39.5 Å². The molecule has 1 fully saturated rings. The van der Waals surface area contributed by atoms with E-state index in [-0.39, 0.29) is 19.3 Å². The molecule has 6 nitrogen and oxygen atoms in total. The second-order valence-electron chi connectivity index (χ2n) is 6.30. The molecule has 0 aromatic carbocycles. The molecule has 0 saturated carbocycles. The highest BCUT2D eigenvalue weighted by Crippen LogP contribution is 2.23. The predicted molar refractivity (Wildman–Crippen MR) is 75.1 cm³/mol. The number of cyclic esters (lactones) is 1. The van der Waals surface area contributed by atoms with Crippen LogP contribution in [0.15, 0.2) is 0 Å². The van der Waals surface area contributed by atoms with Gasteiger partial charge >= 0.3 is 5.97 Å². The Morgan fingerprint density at radius 3 is 2.13 bits per heavy atom. The molecule has 1 saturated heterocycles. The van der Waals surface area contributed by atoms with Crippen LogP contribution in [0.5, 0.6) is 0 Å². The Bertz CT molecular complexity index is 475. The first-order valence-corrected chi connectivity index (χ1v) is 7.44. The van der Waals surface area contributed by atoms with Gasteiger partial charge in [0.2, 0.25) is 5.78 Å². The summed E-state index contributed by atoms with van der Waals surface area (Å²) in [6, 6.07) is 0. The zero-order valence-corrected chi connectivity index (χ0v) is 13.2. The molecule has 0 radical (unpaired) electrons. The molecular formula is C15H22F2O6. The molecule has 1 aliphatic heterocycles. The molecule has 0 aliphatic carbocycles. The lowest BCUT2D eigenvalue weighted by Crippen LogP contribution is -2.46. The van der Waals surface area contributed by atoms with Crippen molar-refractivity contribution in [2.24, 2.45) is 0 Å². The van der Waals surface area contributed by atoms with Crippen LogP contribution in [0.1, 0.15) is 46.0 Å². The lowest BCUT2D eigenvalue weighted by molar-refractivity contribution is -0.159. The maximum absolute atomic E-state index is 13.9. The summed E-state index contributed by atoms with van der Waals surface area (Å²) in [4.78, 5) is 35.1. The Morgan fingerprint density at radius 1 is 1.00 bits per heavy atom. The third-order valence-electron chi connectivity index (χ3n) is 3.87. The molecule has 1 aliphatic rings. The normalized spacial score (nSPS) is 38.8. The van der Waals surface area contributed by atoms with Crippen LogP contribution in [0.4, 0.5) is 8.78 Å². The quantitative estimate of drug-likeness (QED) is 0.635. The first-order chi connectivity index (χ1) is 10.5. The van der Waals surface area contributed by atoms with Crippen molar-refractivity contribution in [2.75, 3.05) is 6.61 Å². The molecule has 23 heavy (non-hydrogen) atoms. The van der Waals surface area contributed by atoms with Crippen molar-refractivity contribution in [3.8, 4) is 0 Å². The molecule has 8 heteroatoms. The number of alkyl halides is 2. The van der Waals surface area contributed by atoms with Gasteiger partial charge in [-0.2, -0.15) is 0 Å². The van der Waals surface area contributed by atoms with Crippen molar-refractivity contribution in [2.45, 2.75) is 69.5 Å². The number of Topliss-reactive ketones (excluding diaryl/α,β-unsaturated/α-hetero) is 2. The van der Waals surface area contributed by atoms with E-state index in [2.05, 4.69) is 4.74 Å². The molecule has 1 heterocycles. The van der Waals surface area contributed by atoms with Crippen LogP contribution < -0.4 is 0 Å². The lowest BCUT2D eigenvalue weighted by Gasteiger charge is -2.26. The topological polar surface area (TPSA) is 101 Å². The fraction of sp³-hybridized carbons (Fsp3) is 0.800. The maximum Gasteiger partial charge on any atom is 0.306 e. The SMILES string of the molecule is C[C@]1(O)CCC[C@H](F)C(=O)[C@@](C)(O)COC(=O)CC[C@H](F)C1=O. The maximum atomic E-state index is 13.9. The fourth-order valence-corrected chi connectivity index (χ4v) is 2.29. The number of aliphatic hydroxyl groups is 2. The Balaban J connectivity index is 2.91. The highest BCUT2D eigenvalue weighted by Gasteiger charge is 2.40. The number of halogens is 2. The molecule has 4 atom stereocenters. The average Bonchev–Trinajstić information content (AvgIpc) is 2.47. The third kappa shape index (κ3) is 5.31. The van der Waals surface area contributed by atoms with E-state index in [4.69, 9.17) is 0 Å². The average molecular weight is 336 g/mol. The van der Waals surface area contributed by atoms with Crippen molar-refractivity contribution >= 4 is 17.5 Å². The van der Waals surface area contributed by atoms with Gasteiger partial charge in [-0.3, -0.25) is 14.4 Å². The van der Waals surface area contributed by atoms with Gasteiger partial charge in [-0.1, -0.05) is 0 Å². The van der Waals surface area contributed by atoms with Gasteiger partial charge in [0.15, 0.2) is 23.7 Å². The summed E-state index contributed by atoms with van der Waals surface area (Å²) in [5.41, 5.74) is -4.20. The second kappa shape index (κ2) is 7.44. The lowest BCUT2D eigenvalue weighted by atomic mass is 9.88. The number of esters is 1. The zero-order valence-electron chi connectivity index (χ0n) is 13.2. The first kappa shape index (κ1) is 19.6. The molecule has 1 rings (SSSR count). The number of hydrogen-bond acceptors (Lipinski definition) is 6. The summed E-state index contributed by atoms with van der Waals surface area (Å²) >= 11 is 0. The van der Waals surface area contributed by atoms with Crippen LogP contribution in [-0.4, -0.2) is 57.9 Å². The minimum atomic E-state index is -2.19. The molecular weight excluding hydrogens is 314 g/mol. The Morgan fingerprint density at radius 2 is 1.52 bits per heavy atom. The Labute approximate surface area is 132 Å². The molecule has 0 bridgehead atoms. The van der Waals surface area contributed by atoms with Gasteiger partial charge in [-0.15, -0.1) is 0 Å². The van der Waals surface area contributed by atoms with Crippen molar-refractivity contribution < 1.29 is 38.1 Å². The van der Waals surface area contributed by atoms with Gasteiger partial charge in [0, 0.05) is 6.42 Å². The Kier molecular flexibility index (Phi) is 6.35. The fourth-order valence-electron chi connectivity index (χ4n) is 2.29. The minimum absolute atomic E-state index is 0.0474. The molecule has 132 valence electrons. The van der Waals surface area contributed by atoms with Crippen LogP contribution in [0.2, 0.25) is 0 Å². The third-order valence-corrected chi connectivity index (χ3v) is 3.87. The number of ether oxygens (including phenoxy) is 1. The summed E-state index contributed by atoms with van der Waals surface area (Å²) in [5, 5.41) is 19.9. The van der Waals surface area contributed by atoms with Crippen LogP contribution in [-0.2, 0) is 19.1 Å². The number of ketones is 2. The van der Waals surface area contributed by atoms with E-state index < -0.39 is 60.5 Å². The number of hydrogen-bond donors (Lipinski definition) is 2. The van der Waals surface area contributed by atoms with E-state index in [0.717, 1.165) is 13.8 Å². The van der Waals surface area contributed by atoms with E-state index in [0.29, 0.717) is 0 Å². The van der Waals surface area contributed by atoms with Crippen LogP contribution >= 0.6 is 0 Å². The summed E-state index contributed by atoms with van der Waals surface area (Å²) in [6.07, 6.45) is -5.66. The monoisotopic (exact) mass is 336 g/mol. The van der Waals surface area contributed by atoms with Crippen molar-refractivity contribution in [1.82, 2.24) is 0 Å². The van der Waals surface area contributed by atoms with Crippen LogP contribution in [0.25, 0.3) is 0 Å². The molecule has 0 aromatic heterocycles. The van der Waals surface area contributed by atoms with E-state index in [1.165, 1.54) is 0 Å². The van der Waals surface area contributed by atoms with E-state index in [1.54, 1.807) is 0 Å². The first-order valence-electron chi connectivity index (χ1n) is 7.44. The zero-order chi connectivity index (χ0) is 17.8. The molecule has 2 N–H and O–H groups in total. The van der Waals surface area contributed by atoms with Gasteiger partial charge in [0.05, 0.1) is 0 Å². The van der Waals surface area contributed by atoms with Gasteiger partial charge in [0.25, 0.3) is 0 Å². The number of carbonyl (C=O) groups is 3. The van der Waals surface area contributed by atoms with E-state index in [9.17, 15) is 33.4 Å². The summed E-state index contributed by atoms with van der Waals surface area (Å²) in [6.45, 7) is 1.39. The van der Waals surface area contributed by atoms with Gasteiger partial charge in [-0.25, -0.2) is 8.78 Å². The second-order valence-corrected chi connectivity index (χ2v) is 6.30. The van der Waals surface area contributed by atoms with Gasteiger partial charge < -0.3 is 14.9 Å². The van der Waals surface area contributed by atoms with Crippen molar-refractivity contribution in [3.63, 3.8) is 0 Å². The highest BCUT2D eigenvalue weighted by atomic mass is 19.1. The largest absolute Gasteiger partial charge is 0.462 e. The molecule has 0 unspecified atom stereocenters. The van der Waals surface area contributed by atoms with E-state index >= 15 is 0 Å². The minimum Gasteiger partial charge on any atom is -0.462 e. The molecule has 0 aromatic rings. The summed E-state index contributed by atoms with van der Waals surface area (Å²) < 4.78 is 32.3. The van der Waals surface area contributed by atoms with Crippen molar-refractivity contribution in [1.29, 1.82) is 0 Å². The van der Waals surface area contributed by atoms with Crippen LogP contribution in [0.3, 0.4) is 0 Å². The number of carbonyl (C=O) groups excluding carboxylic acids is 3. The van der Waals surface area contributed by atoms with E-state index in [1.807, 2.05) is 0 Å². The van der Waals surface area contributed by atoms with Crippen molar-refractivity contribution in [3.05, 3.63) is 0 Å². The standard InChI is InChI=1S/C15H22F2O6/c1-14(21)7-3-4-9(16)13(20)15(2,22)8-23-11(18)6-5-10(17)12(14)19/h9-10,21-22H,3-8H2,1-2H3/t9-,10-,14-,15-/m0/s1. The molecule has 0 amide bonds. The molecule has 0 spiro atoms. The van der Waals surface area contributed by atoms with Crippen LogP contribution in [0, 0.1) is 0 Å². The predicted octanol–water partition coefficient (Wildman–Crippen LogP) is 0.810. The number of rotatable bonds is 0. The Hall–Kier alpha value is -1.41. The highest BCUT2D eigenvalue weighted by molar-refractivity contribution is 5.92. The summed E-state index contributed by atoms with van der Waals surface area (Å²) in [5.74, 6) is -3.16. The summed E-state index contributed by atoms with van der Waals surface area (Å²) in [7, 11) is 0. The smallest absolute Gasteiger partial charge is 0.306 e. The van der Waals surface area contributed by atoms with Gasteiger partial charge in [0.1, 0.15) is 12.2 Å².